The SMILES string of the molecule is C#Cc1cccc(NC(=O)Nc2c[nH]c3ncc(F)cc23)c1. The zero-order valence-corrected chi connectivity index (χ0v) is 11.4. The van der Waals surface area contributed by atoms with Gasteiger partial charge < -0.3 is 15.6 Å². The highest BCUT2D eigenvalue weighted by molar-refractivity contribution is 6.05. The molecule has 0 aliphatic rings. The van der Waals surface area contributed by atoms with E-state index >= 15 is 0 Å². The van der Waals surface area contributed by atoms with Gasteiger partial charge in [0.1, 0.15) is 11.5 Å². The number of hydrogen-bond acceptors (Lipinski definition) is 2. The number of rotatable bonds is 2. The van der Waals surface area contributed by atoms with Crippen LogP contribution in [-0.4, -0.2) is 16.0 Å². The molecule has 0 bridgehead atoms. The molecule has 108 valence electrons. The number of anilines is 2. The number of carbonyl (C=O) groups excluding carboxylic acids is 1. The normalized spacial score (nSPS) is 10.2. The molecule has 0 unspecified atom stereocenters. The van der Waals surface area contributed by atoms with Crippen LogP contribution in [0.2, 0.25) is 0 Å². The molecule has 2 aromatic heterocycles. The Hall–Kier alpha value is -3.33. The summed E-state index contributed by atoms with van der Waals surface area (Å²) in [5.41, 5.74) is 2.16. The second kappa shape index (κ2) is 5.58. The standard InChI is InChI=1S/C16H11FN4O/c1-2-10-4-3-5-12(6-10)20-16(22)21-14-9-19-15-13(14)7-11(17)8-18-15/h1,3-9H,(H,18,19)(H2,20,21,22). The average molecular weight is 294 g/mol. The first-order chi connectivity index (χ1) is 10.7. The zero-order valence-electron chi connectivity index (χ0n) is 11.4. The number of benzene rings is 1. The predicted octanol–water partition coefficient (Wildman–Crippen LogP) is 3.33. The first-order valence-corrected chi connectivity index (χ1v) is 6.43. The van der Waals surface area contributed by atoms with Gasteiger partial charge in [0.15, 0.2) is 0 Å². The van der Waals surface area contributed by atoms with E-state index in [1.807, 2.05) is 0 Å². The van der Waals surface area contributed by atoms with E-state index in [-0.39, 0.29) is 0 Å². The molecule has 0 saturated carbocycles. The minimum atomic E-state index is -0.475. The third-order valence-electron chi connectivity index (χ3n) is 3.03. The van der Waals surface area contributed by atoms with Crippen molar-refractivity contribution < 1.29 is 9.18 Å². The van der Waals surface area contributed by atoms with E-state index in [4.69, 9.17) is 6.42 Å². The van der Waals surface area contributed by atoms with Gasteiger partial charge in [-0.15, -0.1) is 6.42 Å². The Morgan fingerprint density at radius 2 is 2.18 bits per heavy atom. The Morgan fingerprint density at radius 1 is 1.32 bits per heavy atom. The number of fused-ring (bicyclic) bond motifs is 1. The molecule has 3 rings (SSSR count). The first kappa shape index (κ1) is 13.6. The van der Waals surface area contributed by atoms with Crippen molar-refractivity contribution in [2.75, 3.05) is 10.6 Å². The molecule has 0 aliphatic carbocycles. The Labute approximate surface area is 125 Å². The monoisotopic (exact) mass is 294 g/mol. The number of aromatic amines is 1. The summed E-state index contributed by atoms with van der Waals surface area (Å²) in [6.45, 7) is 0. The van der Waals surface area contributed by atoms with E-state index in [9.17, 15) is 9.18 Å². The van der Waals surface area contributed by atoms with Gasteiger partial charge in [-0.3, -0.25) is 0 Å². The lowest BCUT2D eigenvalue weighted by Crippen LogP contribution is -2.19. The molecule has 2 amide bonds. The molecule has 22 heavy (non-hydrogen) atoms. The highest BCUT2D eigenvalue weighted by Crippen LogP contribution is 2.22. The summed E-state index contributed by atoms with van der Waals surface area (Å²) in [6.07, 6.45) is 7.97. The average Bonchev–Trinajstić information content (AvgIpc) is 2.89. The van der Waals surface area contributed by atoms with Crippen molar-refractivity contribution in [2.24, 2.45) is 0 Å². The first-order valence-electron chi connectivity index (χ1n) is 6.43. The predicted molar refractivity (Wildman–Crippen MR) is 83.1 cm³/mol. The summed E-state index contributed by atoms with van der Waals surface area (Å²) in [4.78, 5) is 18.8. The number of nitrogens with zero attached hydrogens (tertiary/aromatic N) is 1. The smallest absolute Gasteiger partial charge is 0.323 e. The second-order valence-corrected chi connectivity index (χ2v) is 4.56. The number of carbonyl (C=O) groups is 1. The van der Waals surface area contributed by atoms with Crippen molar-refractivity contribution in [3.05, 3.63) is 54.1 Å². The van der Waals surface area contributed by atoms with E-state index in [2.05, 4.69) is 26.5 Å². The lowest BCUT2D eigenvalue weighted by atomic mass is 10.2. The molecule has 0 aliphatic heterocycles. The lowest BCUT2D eigenvalue weighted by Gasteiger charge is -2.07. The molecule has 0 spiro atoms. The summed E-state index contributed by atoms with van der Waals surface area (Å²) in [5, 5.41) is 5.79. The second-order valence-electron chi connectivity index (χ2n) is 4.56. The minimum Gasteiger partial charge on any atom is -0.344 e. The highest BCUT2D eigenvalue weighted by atomic mass is 19.1. The Bertz CT molecular complexity index is 895. The van der Waals surface area contributed by atoms with Crippen molar-refractivity contribution in [1.29, 1.82) is 0 Å². The van der Waals surface area contributed by atoms with Crippen LogP contribution < -0.4 is 10.6 Å². The fourth-order valence-corrected chi connectivity index (χ4v) is 2.05. The van der Waals surface area contributed by atoms with Gasteiger partial charge in [0.2, 0.25) is 0 Å². The van der Waals surface area contributed by atoms with E-state index in [0.717, 1.165) is 6.20 Å². The van der Waals surface area contributed by atoms with Crippen molar-refractivity contribution in [3.8, 4) is 12.3 Å². The highest BCUT2D eigenvalue weighted by Gasteiger charge is 2.09. The van der Waals surface area contributed by atoms with Gasteiger partial charge in [-0.05, 0) is 24.3 Å². The van der Waals surface area contributed by atoms with Crippen LogP contribution in [0.5, 0.6) is 0 Å². The number of hydrogen-bond donors (Lipinski definition) is 3. The van der Waals surface area contributed by atoms with Crippen LogP contribution in [0.15, 0.2) is 42.7 Å². The number of halogens is 1. The third-order valence-corrected chi connectivity index (χ3v) is 3.03. The maximum absolute atomic E-state index is 13.2. The van der Waals surface area contributed by atoms with Crippen molar-refractivity contribution >= 4 is 28.4 Å². The van der Waals surface area contributed by atoms with E-state index in [1.54, 1.807) is 30.5 Å². The molecule has 0 radical (unpaired) electrons. The number of pyridine rings is 1. The third kappa shape index (κ3) is 2.74. The number of urea groups is 1. The summed E-state index contributed by atoms with van der Waals surface area (Å²) in [5.74, 6) is 2.02. The van der Waals surface area contributed by atoms with Gasteiger partial charge in [-0.1, -0.05) is 12.0 Å². The maximum atomic E-state index is 13.2. The molecular weight excluding hydrogens is 283 g/mol. The lowest BCUT2D eigenvalue weighted by molar-refractivity contribution is 0.262. The molecule has 2 heterocycles. The van der Waals surface area contributed by atoms with Crippen LogP contribution in [0.4, 0.5) is 20.6 Å². The molecule has 3 aromatic rings. The zero-order chi connectivity index (χ0) is 15.5. The number of H-pyrrole nitrogens is 1. The Balaban J connectivity index is 1.78. The van der Waals surface area contributed by atoms with Crippen LogP contribution in [0.25, 0.3) is 11.0 Å². The van der Waals surface area contributed by atoms with Crippen LogP contribution in [0.1, 0.15) is 5.56 Å². The molecule has 0 atom stereocenters. The van der Waals surface area contributed by atoms with E-state index < -0.39 is 11.8 Å². The number of nitrogens with one attached hydrogen (secondary N) is 3. The van der Waals surface area contributed by atoms with E-state index in [1.165, 1.54) is 6.07 Å². The number of aromatic nitrogens is 2. The minimum absolute atomic E-state index is 0.438. The molecule has 6 heteroatoms. The topological polar surface area (TPSA) is 69.8 Å². The van der Waals surface area contributed by atoms with Crippen LogP contribution in [0, 0.1) is 18.2 Å². The van der Waals surface area contributed by atoms with Crippen molar-refractivity contribution in [3.63, 3.8) is 0 Å². The van der Waals surface area contributed by atoms with Crippen LogP contribution >= 0.6 is 0 Å². The van der Waals surface area contributed by atoms with Gasteiger partial charge in [0, 0.05) is 22.8 Å². The van der Waals surface area contributed by atoms with Crippen molar-refractivity contribution in [1.82, 2.24) is 9.97 Å². The molecule has 0 saturated heterocycles. The molecular formula is C16H11FN4O. The molecule has 3 N–H and O–H groups in total. The summed E-state index contributed by atoms with van der Waals surface area (Å²) < 4.78 is 13.2. The molecule has 1 aromatic carbocycles. The van der Waals surface area contributed by atoms with Crippen LogP contribution in [-0.2, 0) is 0 Å². The van der Waals surface area contributed by atoms with Gasteiger partial charge in [0.25, 0.3) is 0 Å². The summed E-state index contributed by atoms with van der Waals surface area (Å²) >= 11 is 0. The number of terminal acetylenes is 1. The fourth-order valence-electron chi connectivity index (χ4n) is 2.05. The largest absolute Gasteiger partial charge is 0.344 e. The maximum Gasteiger partial charge on any atom is 0.323 e. The van der Waals surface area contributed by atoms with Gasteiger partial charge in [-0.25, -0.2) is 14.2 Å². The van der Waals surface area contributed by atoms with Crippen LogP contribution in [0.3, 0.4) is 0 Å². The molecule has 0 fully saturated rings. The van der Waals surface area contributed by atoms with Gasteiger partial charge in [-0.2, -0.15) is 0 Å². The van der Waals surface area contributed by atoms with Crippen molar-refractivity contribution in [2.45, 2.75) is 0 Å². The van der Waals surface area contributed by atoms with Gasteiger partial charge in [0.05, 0.1) is 11.9 Å². The number of amides is 2. The summed E-state index contributed by atoms with van der Waals surface area (Å²) in [6, 6.07) is 7.74. The molecule has 5 nitrogen and oxygen atoms in total. The Kier molecular flexibility index (Phi) is 3.46. The van der Waals surface area contributed by atoms with E-state index in [0.29, 0.717) is 28.0 Å². The Morgan fingerprint density at radius 3 is 3.00 bits per heavy atom. The van der Waals surface area contributed by atoms with Gasteiger partial charge >= 0.3 is 6.03 Å². The summed E-state index contributed by atoms with van der Waals surface area (Å²) in [7, 11) is 0. The fraction of sp³-hybridized carbons (Fsp3) is 0. The quantitative estimate of drug-likeness (QED) is 0.634.